The molecule has 3 nitrogen and oxygen atoms in total. The molecule has 0 radical (unpaired) electrons. The molecule has 0 amide bonds. The van der Waals surface area contributed by atoms with E-state index in [0.717, 1.165) is 43.0 Å². The highest BCUT2D eigenvalue weighted by Gasteiger charge is 2.27. The van der Waals surface area contributed by atoms with Gasteiger partial charge in [0.15, 0.2) is 0 Å². The van der Waals surface area contributed by atoms with E-state index in [9.17, 15) is 4.21 Å². The molecule has 2 heterocycles. The van der Waals surface area contributed by atoms with Crippen molar-refractivity contribution >= 4 is 10.8 Å². The molecule has 94 valence electrons. The topological polar surface area (TPSA) is 32.3 Å². The Balaban J connectivity index is 1.74. The van der Waals surface area contributed by atoms with E-state index >= 15 is 0 Å². The lowest BCUT2D eigenvalue weighted by molar-refractivity contribution is 0.136. The van der Waals surface area contributed by atoms with Crippen molar-refractivity contribution < 1.29 is 4.21 Å². The Morgan fingerprint density at radius 1 is 1.19 bits per heavy atom. The van der Waals surface area contributed by atoms with E-state index in [-0.39, 0.29) is 0 Å². The number of nitrogens with one attached hydrogen (secondary N) is 1. The van der Waals surface area contributed by atoms with Crippen molar-refractivity contribution in [2.75, 3.05) is 31.1 Å². The molecule has 0 unspecified atom stereocenters. The van der Waals surface area contributed by atoms with E-state index in [1.54, 1.807) is 0 Å². The molecule has 2 fully saturated rings. The minimum Gasteiger partial charge on any atom is -0.314 e. The Morgan fingerprint density at radius 2 is 1.81 bits per heavy atom. The fourth-order valence-corrected chi connectivity index (χ4v) is 4.18. The number of hydrogen-bond donors (Lipinski definition) is 1. The Kier molecular flexibility index (Phi) is 4.79. The maximum atomic E-state index is 11.3. The highest BCUT2D eigenvalue weighted by molar-refractivity contribution is 7.85. The van der Waals surface area contributed by atoms with E-state index in [1.165, 1.54) is 25.9 Å². The standard InChI is InChI=1S/C12H24N2OS/c1-2-13-11-3-7-14(8-4-11)12-5-9-16(15)10-6-12/h11-13H,2-10H2,1H3. The van der Waals surface area contributed by atoms with E-state index < -0.39 is 10.8 Å². The van der Waals surface area contributed by atoms with Crippen molar-refractivity contribution in [1.29, 1.82) is 0 Å². The van der Waals surface area contributed by atoms with Gasteiger partial charge in [0, 0.05) is 34.4 Å². The molecule has 0 aromatic heterocycles. The lowest BCUT2D eigenvalue weighted by Gasteiger charge is -2.39. The second-order valence-electron chi connectivity index (χ2n) is 4.95. The van der Waals surface area contributed by atoms with Crippen LogP contribution in [0.2, 0.25) is 0 Å². The average molecular weight is 244 g/mol. The van der Waals surface area contributed by atoms with Gasteiger partial charge in [-0.25, -0.2) is 0 Å². The average Bonchev–Trinajstić information content (AvgIpc) is 2.32. The van der Waals surface area contributed by atoms with Crippen LogP contribution in [0, 0.1) is 0 Å². The molecule has 0 saturated carbocycles. The second-order valence-corrected chi connectivity index (χ2v) is 6.64. The molecule has 0 aliphatic carbocycles. The van der Waals surface area contributed by atoms with Gasteiger partial charge in [-0.15, -0.1) is 0 Å². The fourth-order valence-electron chi connectivity index (χ4n) is 2.90. The third-order valence-corrected chi connectivity index (χ3v) is 5.28. The predicted molar refractivity (Wildman–Crippen MR) is 69.2 cm³/mol. The first-order valence-corrected chi connectivity index (χ1v) is 8.11. The molecule has 1 N–H and O–H groups in total. The Hall–Kier alpha value is 0.0700. The largest absolute Gasteiger partial charge is 0.314 e. The molecule has 16 heavy (non-hydrogen) atoms. The Bertz CT molecular complexity index is 229. The summed E-state index contributed by atoms with van der Waals surface area (Å²) in [5, 5.41) is 3.54. The summed E-state index contributed by atoms with van der Waals surface area (Å²) in [5.74, 6) is 1.86. The summed E-state index contributed by atoms with van der Waals surface area (Å²) >= 11 is 0. The summed E-state index contributed by atoms with van der Waals surface area (Å²) in [4.78, 5) is 2.63. The third-order valence-electron chi connectivity index (χ3n) is 3.90. The van der Waals surface area contributed by atoms with Crippen LogP contribution in [0.1, 0.15) is 32.6 Å². The molecule has 2 aliphatic rings. The summed E-state index contributed by atoms with van der Waals surface area (Å²) < 4.78 is 11.3. The quantitative estimate of drug-likeness (QED) is 0.803. The minimum absolute atomic E-state index is 0.514. The van der Waals surface area contributed by atoms with E-state index in [0.29, 0.717) is 0 Å². The van der Waals surface area contributed by atoms with Gasteiger partial charge >= 0.3 is 0 Å². The second kappa shape index (κ2) is 6.12. The van der Waals surface area contributed by atoms with Gasteiger partial charge in [-0.3, -0.25) is 4.21 Å². The van der Waals surface area contributed by atoms with Gasteiger partial charge in [0.2, 0.25) is 0 Å². The summed E-state index contributed by atoms with van der Waals surface area (Å²) in [6, 6.07) is 1.46. The smallest absolute Gasteiger partial charge is 0.0249 e. The normalized spacial score (nSPS) is 34.1. The summed E-state index contributed by atoms with van der Waals surface area (Å²) in [5.41, 5.74) is 0. The molecule has 0 aromatic rings. The first kappa shape index (κ1) is 12.5. The van der Waals surface area contributed by atoms with Crippen LogP contribution in [0.25, 0.3) is 0 Å². The molecule has 0 aromatic carbocycles. The first-order valence-electron chi connectivity index (χ1n) is 6.62. The highest BCUT2D eigenvalue weighted by atomic mass is 32.2. The lowest BCUT2D eigenvalue weighted by atomic mass is 10.0. The Morgan fingerprint density at radius 3 is 2.38 bits per heavy atom. The van der Waals surface area contributed by atoms with Gasteiger partial charge < -0.3 is 10.2 Å². The molecule has 2 aliphatic heterocycles. The van der Waals surface area contributed by atoms with Crippen molar-refractivity contribution in [2.45, 2.75) is 44.7 Å². The lowest BCUT2D eigenvalue weighted by Crippen LogP contribution is -2.48. The van der Waals surface area contributed by atoms with Crippen molar-refractivity contribution in [3.63, 3.8) is 0 Å². The number of likely N-dealkylation sites (tertiary alicyclic amines) is 1. The van der Waals surface area contributed by atoms with Gasteiger partial charge in [0.05, 0.1) is 0 Å². The van der Waals surface area contributed by atoms with Crippen LogP contribution in [0.5, 0.6) is 0 Å². The number of piperidine rings is 1. The molecule has 0 atom stereocenters. The van der Waals surface area contributed by atoms with Crippen LogP contribution in [0.3, 0.4) is 0 Å². The molecule has 2 saturated heterocycles. The van der Waals surface area contributed by atoms with Gasteiger partial charge in [-0.1, -0.05) is 6.92 Å². The van der Waals surface area contributed by atoms with Gasteiger partial charge in [-0.05, 0) is 45.3 Å². The minimum atomic E-state index is -0.514. The van der Waals surface area contributed by atoms with E-state index in [4.69, 9.17) is 0 Å². The van der Waals surface area contributed by atoms with Crippen LogP contribution in [0.4, 0.5) is 0 Å². The first-order chi connectivity index (χ1) is 7.79. The van der Waals surface area contributed by atoms with Gasteiger partial charge in [0.1, 0.15) is 0 Å². The maximum absolute atomic E-state index is 11.3. The van der Waals surface area contributed by atoms with Crippen molar-refractivity contribution in [3.05, 3.63) is 0 Å². The number of hydrogen-bond acceptors (Lipinski definition) is 3. The number of nitrogens with zero attached hydrogens (tertiary/aromatic N) is 1. The van der Waals surface area contributed by atoms with Crippen LogP contribution in [-0.2, 0) is 10.8 Å². The fraction of sp³-hybridized carbons (Fsp3) is 1.00. The zero-order chi connectivity index (χ0) is 11.4. The molecule has 4 heteroatoms. The molecular weight excluding hydrogens is 220 g/mol. The van der Waals surface area contributed by atoms with Gasteiger partial charge in [0.25, 0.3) is 0 Å². The summed E-state index contributed by atoms with van der Waals surface area (Å²) in [6.45, 7) is 5.74. The predicted octanol–water partition coefficient (Wildman–Crippen LogP) is 0.971. The van der Waals surface area contributed by atoms with Crippen LogP contribution in [-0.4, -0.2) is 52.3 Å². The van der Waals surface area contributed by atoms with E-state index in [1.807, 2.05) is 0 Å². The van der Waals surface area contributed by atoms with Crippen LogP contribution >= 0.6 is 0 Å². The zero-order valence-corrected chi connectivity index (χ0v) is 11.1. The molecule has 2 rings (SSSR count). The SMILES string of the molecule is CCNC1CCN(C2CCS(=O)CC2)CC1. The van der Waals surface area contributed by atoms with Crippen molar-refractivity contribution in [1.82, 2.24) is 10.2 Å². The molecule has 0 spiro atoms. The molecular formula is C12H24N2OS. The monoisotopic (exact) mass is 244 g/mol. The summed E-state index contributed by atoms with van der Waals surface area (Å²) in [7, 11) is -0.514. The van der Waals surface area contributed by atoms with Crippen molar-refractivity contribution in [3.8, 4) is 0 Å². The highest BCUT2D eigenvalue weighted by Crippen LogP contribution is 2.20. The van der Waals surface area contributed by atoms with Crippen LogP contribution in [0.15, 0.2) is 0 Å². The Labute approximate surface area is 101 Å². The summed E-state index contributed by atoms with van der Waals surface area (Å²) in [6.07, 6.45) is 4.87. The van der Waals surface area contributed by atoms with Crippen molar-refractivity contribution in [2.24, 2.45) is 0 Å². The van der Waals surface area contributed by atoms with Crippen LogP contribution < -0.4 is 5.32 Å². The third kappa shape index (κ3) is 3.28. The zero-order valence-electron chi connectivity index (χ0n) is 10.3. The van der Waals surface area contributed by atoms with E-state index in [2.05, 4.69) is 17.1 Å². The number of rotatable bonds is 3. The molecule has 0 bridgehead atoms. The van der Waals surface area contributed by atoms with Gasteiger partial charge in [-0.2, -0.15) is 0 Å². The maximum Gasteiger partial charge on any atom is 0.0249 e.